The predicted octanol–water partition coefficient (Wildman–Crippen LogP) is -0.767. The van der Waals surface area contributed by atoms with Crippen LogP contribution in [0, 0.1) is 22.2 Å². The van der Waals surface area contributed by atoms with Gasteiger partial charge in [-0.25, -0.2) is 0 Å². The van der Waals surface area contributed by atoms with Gasteiger partial charge >= 0.3 is 5.97 Å². The molecule has 2 amide bonds. The summed E-state index contributed by atoms with van der Waals surface area (Å²) in [6, 6.07) is 0. The second-order valence-electron chi connectivity index (χ2n) is 6.47. The molecule has 0 aromatic rings. The van der Waals surface area contributed by atoms with Gasteiger partial charge in [0.25, 0.3) is 0 Å². The molecule has 0 radical (unpaired) electrons. The Hall–Kier alpha value is -2.13. The number of aliphatic hydroxyl groups is 1. The Morgan fingerprint density at radius 3 is 2.42 bits per heavy atom. The van der Waals surface area contributed by atoms with Crippen LogP contribution in [0.15, 0.2) is 17.3 Å². The van der Waals surface area contributed by atoms with Crippen molar-refractivity contribution in [3.8, 4) is 0 Å². The molecular weight excluding hydrogens is 320 g/mol. The maximum absolute atomic E-state index is 12.4. The zero-order valence-electron chi connectivity index (χ0n) is 13.1. The van der Waals surface area contributed by atoms with Crippen LogP contribution in [0.1, 0.15) is 6.92 Å². The number of nitrogens with zero attached hydrogens (tertiary/aromatic N) is 2. The lowest BCUT2D eigenvalue weighted by atomic mass is 9.85. The van der Waals surface area contributed by atoms with Gasteiger partial charge in [-0.1, -0.05) is 17.3 Å². The molecule has 0 aromatic carbocycles. The van der Waals surface area contributed by atoms with Crippen LogP contribution in [0.25, 0.3) is 0 Å². The molecule has 2 fully saturated rings. The van der Waals surface area contributed by atoms with E-state index in [1.165, 1.54) is 6.92 Å². The third-order valence-corrected chi connectivity index (χ3v) is 4.81. The van der Waals surface area contributed by atoms with Gasteiger partial charge in [-0.05, 0) is 6.92 Å². The van der Waals surface area contributed by atoms with Crippen LogP contribution in [0.2, 0.25) is 0 Å². The third kappa shape index (κ3) is 2.44. The van der Waals surface area contributed by atoms with Gasteiger partial charge in [0.15, 0.2) is 0 Å². The van der Waals surface area contributed by atoms with Crippen molar-refractivity contribution in [1.82, 2.24) is 4.90 Å². The second kappa shape index (κ2) is 6.06. The highest BCUT2D eigenvalue weighted by Crippen LogP contribution is 2.44. The van der Waals surface area contributed by atoms with Crippen molar-refractivity contribution in [3.05, 3.63) is 17.1 Å². The number of esters is 1. The molecule has 3 aliphatic rings. The number of likely N-dealkylation sites (tertiary alicyclic amines) is 1. The van der Waals surface area contributed by atoms with Crippen LogP contribution in [-0.4, -0.2) is 66.3 Å². The lowest BCUT2D eigenvalue weighted by Crippen LogP contribution is -2.40. The Labute approximate surface area is 137 Å². The van der Waals surface area contributed by atoms with E-state index in [4.69, 9.17) is 9.47 Å². The van der Waals surface area contributed by atoms with Gasteiger partial charge in [-0.2, -0.15) is 4.91 Å². The van der Waals surface area contributed by atoms with Gasteiger partial charge in [0, 0.05) is 0 Å². The van der Waals surface area contributed by atoms with E-state index in [0.717, 1.165) is 4.90 Å². The quantitative estimate of drug-likeness (QED) is 0.280. The summed E-state index contributed by atoms with van der Waals surface area (Å²) in [5, 5.41) is 11.8. The summed E-state index contributed by atoms with van der Waals surface area (Å²) >= 11 is 0. The van der Waals surface area contributed by atoms with E-state index < -0.39 is 36.4 Å². The zero-order chi connectivity index (χ0) is 17.5. The first kappa shape index (κ1) is 16.7. The maximum atomic E-state index is 12.4. The van der Waals surface area contributed by atoms with Gasteiger partial charge < -0.3 is 14.6 Å². The van der Waals surface area contributed by atoms with Crippen LogP contribution >= 0.6 is 0 Å². The number of rotatable bonds is 7. The number of fused-ring (bicyclic) bond motifs is 5. The number of carbonyl (C=O) groups is 3. The molecule has 0 saturated carbocycles. The minimum absolute atomic E-state index is 0.0636. The molecule has 9 nitrogen and oxygen atoms in total. The van der Waals surface area contributed by atoms with Crippen LogP contribution < -0.4 is 0 Å². The number of aliphatic hydroxyl groups excluding tert-OH is 1. The van der Waals surface area contributed by atoms with Gasteiger partial charge in [-0.15, -0.1) is 0 Å². The Bertz CT molecular complexity index is 589. The zero-order valence-corrected chi connectivity index (χ0v) is 13.1. The summed E-state index contributed by atoms with van der Waals surface area (Å²) in [4.78, 5) is 48.1. The van der Waals surface area contributed by atoms with Gasteiger partial charge in [0.05, 0.1) is 43.7 Å². The fourth-order valence-corrected chi connectivity index (χ4v) is 3.31. The summed E-state index contributed by atoms with van der Waals surface area (Å²) in [6.45, 7) is 0.0871. The molecule has 0 aliphatic carbocycles. The molecule has 1 N–H and O–H groups in total. The molecule has 2 bridgehead atoms. The number of carbonyl (C=O) groups excluding carboxylic acids is 3. The van der Waals surface area contributed by atoms with E-state index >= 15 is 0 Å². The first-order chi connectivity index (χ1) is 11.4. The molecule has 130 valence electrons. The van der Waals surface area contributed by atoms with Crippen molar-refractivity contribution < 1.29 is 29.0 Å². The van der Waals surface area contributed by atoms with Crippen molar-refractivity contribution in [3.63, 3.8) is 0 Å². The van der Waals surface area contributed by atoms with Crippen LogP contribution in [0.5, 0.6) is 0 Å². The molecule has 5 atom stereocenters. The van der Waals surface area contributed by atoms with E-state index in [1.54, 1.807) is 12.2 Å². The van der Waals surface area contributed by atoms with Crippen molar-refractivity contribution in [2.45, 2.75) is 19.1 Å². The largest absolute Gasteiger partial charge is 0.463 e. The molecule has 0 aromatic heterocycles. The molecule has 3 heterocycles. The normalized spacial score (nSPS) is 32.8. The standard InChI is InChI=1S/C15H18N2O7/c1-15(7-18,6-16-22)14(21)23-5-4-17-12(19)10-8-2-3-9(24-8)11(10)13(17)20/h2-3,8-11,18H,4-7H2,1H3/t8?,9?,10-,11+,15?. The monoisotopic (exact) mass is 338 g/mol. The lowest BCUT2D eigenvalue weighted by molar-refractivity contribution is -0.159. The fourth-order valence-electron chi connectivity index (χ4n) is 3.31. The van der Waals surface area contributed by atoms with E-state index in [2.05, 4.69) is 5.18 Å². The van der Waals surface area contributed by atoms with Crippen LogP contribution in [-0.2, 0) is 23.9 Å². The topological polar surface area (TPSA) is 123 Å². The smallest absolute Gasteiger partial charge is 0.316 e. The highest BCUT2D eigenvalue weighted by Gasteiger charge is 2.60. The molecular formula is C15H18N2O7. The maximum Gasteiger partial charge on any atom is 0.316 e. The number of imide groups is 1. The predicted molar refractivity (Wildman–Crippen MR) is 78.3 cm³/mol. The van der Waals surface area contributed by atoms with Crippen LogP contribution in [0.3, 0.4) is 0 Å². The number of amides is 2. The highest BCUT2D eigenvalue weighted by atomic mass is 16.5. The Morgan fingerprint density at radius 1 is 1.33 bits per heavy atom. The molecule has 9 heteroatoms. The lowest BCUT2D eigenvalue weighted by Gasteiger charge is -2.23. The van der Waals surface area contributed by atoms with Gasteiger partial charge in [0.1, 0.15) is 12.0 Å². The molecule has 3 rings (SSSR count). The number of hydrogen-bond acceptors (Lipinski definition) is 8. The van der Waals surface area contributed by atoms with Crippen molar-refractivity contribution >= 4 is 17.8 Å². The number of ether oxygens (including phenoxy) is 2. The molecule has 24 heavy (non-hydrogen) atoms. The molecule has 3 aliphatic heterocycles. The Kier molecular flexibility index (Phi) is 4.22. The van der Waals surface area contributed by atoms with Gasteiger partial charge in [-0.3, -0.25) is 19.3 Å². The molecule has 2 saturated heterocycles. The number of nitroso groups, excluding NO2 is 1. The SMILES string of the molecule is CC(CO)(CN=O)C(=O)OCCN1C(=O)[C@@H]2C3C=CC(O3)[C@@H]2C1=O. The van der Waals surface area contributed by atoms with E-state index in [-0.39, 0.29) is 37.2 Å². The first-order valence-electron chi connectivity index (χ1n) is 7.69. The van der Waals surface area contributed by atoms with Crippen LogP contribution in [0.4, 0.5) is 0 Å². The second-order valence-corrected chi connectivity index (χ2v) is 6.47. The minimum Gasteiger partial charge on any atom is -0.463 e. The van der Waals surface area contributed by atoms with E-state index in [9.17, 15) is 24.4 Å². The Balaban J connectivity index is 1.56. The van der Waals surface area contributed by atoms with Crippen molar-refractivity contribution in [2.75, 3.05) is 26.3 Å². The summed E-state index contributed by atoms with van der Waals surface area (Å²) < 4.78 is 10.5. The minimum atomic E-state index is -1.42. The Morgan fingerprint density at radius 2 is 1.92 bits per heavy atom. The average Bonchev–Trinajstić information content (AvgIpc) is 3.24. The molecule has 0 spiro atoms. The average molecular weight is 338 g/mol. The summed E-state index contributed by atoms with van der Waals surface area (Å²) in [5.41, 5.74) is -1.42. The summed E-state index contributed by atoms with van der Waals surface area (Å²) in [7, 11) is 0. The first-order valence-corrected chi connectivity index (χ1v) is 7.69. The summed E-state index contributed by atoms with van der Waals surface area (Å²) in [6.07, 6.45) is 2.86. The van der Waals surface area contributed by atoms with Gasteiger partial charge in [0.2, 0.25) is 11.8 Å². The summed E-state index contributed by atoms with van der Waals surface area (Å²) in [5.74, 6) is -2.43. The number of hydrogen-bond donors (Lipinski definition) is 1. The van der Waals surface area contributed by atoms with Crippen molar-refractivity contribution in [1.29, 1.82) is 0 Å². The van der Waals surface area contributed by atoms with E-state index in [1.807, 2.05) is 0 Å². The highest BCUT2D eigenvalue weighted by molar-refractivity contribution is 6.06. The van der Waals surface area contributed by atoms with Crippen molar-refractivity contribution in [2.24, 2.45) is 22.4 Å². The third-order valence-electron chi connectivity index (χ3n) is 4.81. The van der Waals surface area contributed by atoms with E-state index in [0.29, 0.717) is 0 Å². The molecule has 3 unspecified atom stereocenters. The fraction of sp³-hybridized carbons (Fsp3) is 0.667.